The first kappa shape index (κ1) is 15.5. The molecule has 0 fully saturated rings. The third-order valence-electron chi connectivity index (χ3n) is 3.45. The van der Waals surface area contributed by atoms with Crippen LogP contribution in [0.25, 0.3) is 0 Å². The molecule has 3 aromatic heterocycles. The van der Waals surface area contributed by atoms with Crippen molar-refractivity contribution in [3.8, 4) is 0 Å². The Balaban J connectivity index is 1.65. The van der Waals surface area contributed by atoms with Crippen LogP contribution in [-0.4, -0.2) is 25.5 Å². The normalized spacial score (nSPS) is 10.9. The summed E-state index contributed by atoms with van der Waals surface area (Å²) in [4.78, 5) is 12.1. The number of halogens is 1. The van der Waals surface area contributed by atoms with Gasteiger partial charge in [0.2, 0.25) is 0 Å². The number of aromatic nitrogens is 4. The minimum absolute atomic E-state index is 0.241. The maximum absolute atomic E-state index is 12.1. The number of rotatable bonds is 5. The van der Waals surface area contributed by atoms with Crippen molar-refractivity contribution in [1.82, 2.24) is 24.9 Å². The molecule has 0 radical (unpaired) electrons. The monoisotopic (exact) mass is 377 g/mol. The molecular formula is C15H16BrN5O2. The maximum atomic E-state index is 12.1. The van der Waals surface area contributed by atoms with Crippen molar-refractivity contribution in [2.75, 3.05) is 0 Å². The van der Waals surface area contributed by atoms with Gasteiger partial charge >= 0.3 is 0 Å². The van der Waals surface area contributed by atoms with E-state index in [0.717, 1.165) is 15.9 Å². The average molecular weight is 378 g/mol. The quantitative estimate of drug-likeness (QED) is 0.740. The first-order chi connectivity index (χ1) is 11.0. The van der Waals surface area contributed by atoms with E-state index in [2.05, 4.69) is 31.4 Å². The molecule has 120 valence electrons. The Labute approximate surface area is 141 Å². The predicted molar refractivity (Wildman–Crippen MR) is 86.9 cm³/mol. The molecule has 0 saturated carbocycles. The number of hydrogen-bond acceptors (Lipinski definition) is 4. The summed E-state index contributed by atoms with van der Waals surface area (Å²) in [5.41, 5.74) is 2.30. The molecule has 0 atom stereocenters. The van der Waals surface area contributed by atoms with Gasteiger partial charge in [-0.2, -0.15) is 10.2 Å². The molecule has 0 spiro atoms. The molecule has 0 aliphatic carbocycles. The van der Waals surface area contributed by atoms with Gasteiger partial charge in [-0.15, -0.1) is 0 Å². The SMILES string of the molecule is Cc1nn(Cn2ccc(C(=O)NCc3ccco3)n2)c(C)c1Br. The van der Waals surface area contributed by atoms with E-state index in [0.29, 0.717) is 24.7 Å². The largest absolute Gasteiger partial charge is 0.467 e. The smallest absolute Gasteiger partial charge is 0.272 e. The van der Waals surface area contributed by atoms with Crippen LogP contribution in [0.2, 0.25) is 0 Å². The minimum Gasteiger partial charge on any atom is -0.467 e. The number of amides is 1. The molecule has 0 bridgehead atoms. The van der Waals surface area contributed by atoms with Crippen molar-refractivity contribution < 1.29 is 9.21 Å². The van der Waals surface area contributed by atoms with Gasteiger partial charge in [-0.25, -0.2) is 4.68 Å². The fourth-order valence-corrected chi connectivity index (χ4v) is 2.47. The Hall–Kier alpha value is -2.35. The highest BCUT2D eigenvalue weighted by Gasteiger charge is 2.12. The summed E-state index contributed by atoms with van der Waals surface area (Å²) >= 11 is 3.50. The van der Waals surface area contributed by atoms with Crippen LogP contribution < -0.4 is 5.32 Å². The number of furan rings is 1. The fourth-order valence-electron chi connectivity index (χ4n) is 2.18. The van der Waals surface area contributed by atoms with Gasteiger partial charge in [0.05, 0.1) is 28.7 Å². The van der Waals surface area contributed by atoms with E-state index < -0.39 is 0 Å². The van der Waals surface area contributed by atoms with Gasteiger partial charge < -0.3 is 9.73 Å². The van der Waals surface area contributed by atoms with E-state index in [1.165, 1.54) is 0 Å². The van der Waals surface area contributed by atoms with E-state index in [1.54, 1.807) is 35.3 Å². The van der Waals surface area contributed by atoms with E-state index in [-0.39, 0.29) is 5.91 Å². The van der Waals surface area contributed by atoms with E-state index in [1.807, 2.05) is 18.5 Å². The molecule has 7 nitrogen and oxygen atoms in total. The molecule has 23 heavy (non-hydrogen) atoms. The first-order valence-electron chi connectivity index (χ1n) is 7.08. The number of carbonyl (C=O) groups is 1. The minimum atomic E-state index is -0.241. The lowest BCUT2D eigenvalue weighted by molar-refractivity contribution is 0.0942. The Morgan fingerprint density at radius 1 is 1.35 bits per heavy atom. The molecule has 8 heteroatoms. The van der Waals surface area contributed by atoms with Crippen LogP contribution in [0, 0.1) is 13.8 Å². The predicted octanol–water partition coefficient (Wildman–Crippen LogP) is 2.49. The molecule has 1 N–H and O–H groups in total. The molecule has 0 aliphatic heterocycles. The van der Waals surface area contributed by atoms with Gasteiger partial charge in [-0.1, -0.05) is 0 Å². The molecule has 1 amide bonds. The van der Waals surface area contributed by atoms with E-state index >= 15 is 0 Å². The van der Waals surface area contributed by atoms with Crippen LogP contribution in [0.4, 0.5) is 0 Å². The van der Waals surface area contributed by atoms with Crippen molar-refractivity contribution >= 4 is 21.8 Å². The molecular weight excluding hydrogens is 362 g/mol. The Morgan fingerprint density at radius 2 is 2.17 bits per heavy atom. The van der Waals surface area contributed by atoms with Gasteiger partial charge in [0.25, 0.3) is 5.91 Å². The standard InChI is InChI=1S/C15H16BrN5O2/c1-10-14(16)11(2)21(18-10)9-20-6-5-13(19-20)15(22)17-8-12-4-3-7-23-12/h3-7H,8-9H2,1-2H3,(H,17,22). The summed E-state index contributed by atoms with van der Waals surface area (Å²) < 4.78 is 9.67. The van der Waals surface area contributed by atoms with Crippen molar-refractivity contribution in [1.29, 1.82) is 0 Å². The highest BCUT2D eigenvalue weighted by atomic mass is 79.9. The number of nitrogens with zero attached hydrogens (tertiary/aromatic N) is 4. The topological polar surface area (TPSA) is 77.9 Å². The van der Waals surface area contributed by atoms with Crippen LogP contribution in [0.1, 0.15) is 27.6 Å². The van der Waals surface area contributed by atoms with Crippen molar-refractivity contribution in [2.24, 2.45) is 0 Å². The van der Waals surface area contributed by atoms with Crippen LogP contribution in [0.5, 0.6) is 0 Å². The number of carbonyl (C=O) groups excluding carboxylic acids is 1. The number of nitrogens with one attached hydrogen (secondary N) is 1. The zero-order chi connectivity index (χ0) is 16.4. The third-order valence-corrected chi connectivity index (χ3v) is 4.60. The van der Waals surface area contributed by atoms with Gasteiger partial charge in [-0.3, -0.25) is 9.48 Å². The molecule has 3 rings (SSSR count). The van der Waals surface area contributed by atoms with Crippen LogP contribution in [0.3, 0.4) is 0 Å². The lowest BCUT2D eigenvalue weighted by atomic mass is 10.4. The Kier molecular flexibility index (Phi) is 4.33. The van der Waals surface area contributed by atoms with Gasteiger partial charge in [-0.05, 0) is 48.0 Å². The third kappa shape index (κ3) is 3.37. The van der Waals surface area contributed by atoms with Crippen LogP contribution in [-0.2, 0) is 13.2 Å². The summed E-state index contributed by atoms with van der Waals surface area (Å²) in [6.45, 7) is 4.70. The molecule has 0 aliphatic rings. The number of aryl methyl sites for hydroxylation is 1. The lowest BCUT2D eigenvalue weighted by Crippen LogP contribution is -2.23. The first-order valence-corrected chi connectivity index (χ1v) is 7.87. The lowest BCUT2D eigenvalue weighted by Gasteiger charge is -2.04. The maximum Gasteiger partial charge on any atom is 0.272 e. The van der Waals surface area contributed by atoms with Crippen LogP contribution in [0.15, 0.2) is 39.5 Å². The summed E-state index contributed by atoms with van der Waals surface area (Å²) in [6, 6.07) is 5.26. The summed E-state index contributed by atoms with van der Waals surface area (Å²) in [6.07, 6.45) is 3.33. The average Bonchev–Trinajstić information content (AvgIpc) is 3.25. The summed E-state index contributed by atoms with van der Waals surface area (Å²) in [7, 11) is 0. The molecule has 3 aromatic rings. The van der Waals surface area contributed by atoms with Gasteiger partial charge in [0.1, 0.15) is 18.1 Å². The van der Waals surface area contributed by atoms with E-state index in [4.69, 9.17) is 4.42 Å². The van der Waals surface area contributed by atoms with Gasteiger partial charge in [0.15, 0.2) is 0 Å². The van der Waals surface area contributed by atoms with Crippen molar-refractivity contribution in [3.05, 3.63) is 58.0 Å². The van der Waals surface area contributed by atoms with Crippen LogP contribution >= 0.6 is 15.9 Å². The van der Waals surface area contributed by atoms with E-state index in [9.17, 15) is 4.79 Å². The number of hydrogen-bond donors (Lipinski definition) is 1. The second-order valence-electron chi connectivity index (χ2n) is 5.13. The molecule has 3 heterocycles. The Morgan fingerprint density at radius 3 is 2.83 bits per heavy atom. The zero-order valence-corrected chi connectivity index (χ0v) is 14.4. The molecule has 0 aromatic carbocycles. The highest BCUT2D eigenvalue weighted by Crippen LogP contribution is 2.19. The highest BCUT2D eigenvalue weighted by molar-refractivity contribution is 9.10. The summed E-state index contributed by atoms with van der Waals surface area (Å²) in [5.74, 6) is 0.458. The Bertz CT molecular complexity index is 819. The zero-order valence-electron chi connectivity index (χ0n) is 12.8. The fraction of sp³-hybridized carbons (Fsp3) is 0.267. The second kappa shape index (κ2) is 6.41. The van der Waals surface area contributed by atoms with Crippen molar-refractivity contribution in [2.45, 2.75) is 27.1 Å². The molecule has 0 saturated heterocycles. The second-order valence-corrected chi connectivity index (χ2v) is 5.92. The van der Waals surface area contributed by atoms with Gasteiger partial charge in [0, 0.05) is 6.20 Å². The van der Waals surface area contributed by atoms with Crippen molar-refractivity contribution in [3.63, 3.8) is 0 Å². The summed E-state index contributed by atoms with van der Waals surface area (Å²) in [5, 5.41) is 11.5. The molecule has 0 unspecified atom stereocenters.